The molecule has 4 nitrogen and oxygen atoms in total. The number of ether oxygens (including phenoxy) is 1. The third kappa shape index (κ3) is 4.68. The number of rotatable bonds is 6. The van der Waals surface area contributed by atoms with Gasteiger partial charge < -0.3 is 4.74 Å². The summed E-state index contributed by atoms with van der Waals surface area (Å²) in [6.45, 7) is 2.07. The molecule has 3 aromatic rings. The quantitative estimate of drug-likeness (QED) is 0.384. The van der Waals surface area contributed by atoms with Crippen LogP contribution in [0.15, 0.2) is 60.7 Å². The van der Waals surface area contributed by atoms with E-state index in [1.165, 1.54) is 11.3 Å². The van der Waals surface area contributed by atoms with Crippen LogP contribution in [0.2, 0.25) is 5.02 Å². The van der Waals surface area contributed by atoms with Crippen molar-refractivity contribution in [3.8, 4) is 10.4 Å². The molecule has 1 aromatic heterocycles. The van der Waals surface area contributed by atoms with Crippen LogP contribution in [-0.2, 0) is 4.74 Å². The monoisotopic (exact) mass is 453 g/mol. The van der Waals surface area contributed by atoms with Gasteiger partial charge in [0.1, 0.15) is 5.00 Å². The maximum Gasteiger partial charge on any atom is 0.341 e. The molecule has 0 atom stereocenters. The van der Waals surface area contributed by atoms with Crippen molar-refractivity contribution in [2.24, 2.45) is 0 Å². The van der Waals surface area contributed by atoms with Gasteiger partial charge in [-0.05, 0) is 55.7 Å². The van der Waals surface area contributed by atoms with E-state index >= 15 is 0 Å². The molecule has 1 heterocycles. The second kappa shape index (κ2) is 9.67. The van der Waals surface area contributed by atoms with Gasteiger partial charge in [-0.15, -0.1) is 11.3 Å². The van der Waals surface area contributed by atoms with E-state index in [0.29, 0.717) is 21.2 Å². The number of nitrogens with zero attached hydrogens (tertiary/aromatic N) is 1. The number of hydrogen-bond donors (Lipinski definition) is 0. The van der Waals surface area contributed by atoms with Crippen LogP contribution in [0.4, 0.5) is 5.00 Å². The van der Waals surface area contributed by atoms with Gasteiger partial charge in [0.25, 0.3) is 5.91 Å². The lowest BCUT2D eigenvalue weighted by Gasteiger charge is -2.28. The second-order valence-electron chi connectivity index (χ2n) is 7.54. The maximum absolute atomic E-state index is 13.7. The summed E-state index contributed by atoms with van der Waals surface area (Å²) >= 11 is 7.49. The standard InChI is InChI=1S/C25H24ClNO3S/c1-2-30-25(29)21-16-22(17-8-4-3-5-9-17)31-24(21)27(20-10-6-7-11-20)23(28)18-12-14-19(26)15-13-18/h3-5,8-9,12-16,20H,2,6-7,10-11H2,1H3. The Labute approximate surface area is 191 Å². The van der Waals surface area contributed by atoms with Crippen LogP contribution < -0.4 is 4.90 Å². The number of amides is 1. The Bertz CT molecular complexity index is 1060. The summed E-state index contributed by atoms with van der Waals surface area (Å²) in [7, 11) is 0. The van der Waals surface area contributed by atoms with E-state index < -0.39 is 5.97 Å². The van der Waals surface area contributed by atoms with Gasteiger partial charge in [-0.3, -0.25) is 9.69 Å². The van der Waals surface area contributed by atoms with Gasteiger partial charge >= 0.3 is 5.97 Å². The molecule has 1 saturated carbocycles. The minimum absolute atomic E-state index is 0.0543. The van der Waals surface area contributed by atoms with Crippen LogP contribution >= 0.6 is 22.9 Å². The summed E-state index contributed by atoms with van der Waals surface area (Å²) in [6.07, 6.45) is 3.97. The third-order valence-electron chi connectivity index (χ3n) is 5.48. The predicted octanol–water partition coefficient (Wildman–Crippen LogP) is 6.83. The van der Waals surface area contributed by atoms with Crippen molar-refractivity contribution in [1.82, 2.24) is 0 Å². The first-order valence-electron chi connectivity index (χ1n) is 10.5. The zero-order valence-electron chi connectivity index (χ0n) is 17.3. The highest BCUT2D eigenvalue weighted by Crippen LogP contribution is 2.42. The molecular weight excluding hydrogens is 430 g/mol. The first-order valence-corrected chi connectivity index (χ1v) is 11.7. The van der Waals surface area contributed by atoms with Gasteiger partial charge in [0.05, 0.1) is 12.2 Å². The van der Waals surface area contributed by atoms with Crippen molar-refractivity contribution in [2.75, 3.05) is 11.5 Å². The van der Waals surface area contributed by atoms with Gasteiger partial charge in [0, 0.05) is 21.5 Å². The molecule has 6 heteroatoms. The Morgan fingerprint density at radius 1 is 1.06 bits per heavy atom. The third-order valence-corrected chi connectivity index (χ3v) is 6.92. The Morgan fingerprint density at radius 2 is 1.74 bits per heavy atom. The van der Waals surface area contributed by atoms with Crippen molar-refractivity contribution < 1.29 is 14.3 Å². The van der Waals surface area contributed by atoms with Crippen LogP contribution in [0.1, 0.15) is 53.3 Å². The van der Waals surface area contributed by atoms with Gasteiger partial charge in [0.15, 0.2) is 0 Å². The average Bonchev–Trinajstić information content (AvgIpc) is 3.46. The lowest BCUT2D eigenvalue weighted by molar-refractivity contribution is 0.0528. The summed E-state index contributed by atoms with van der Waals surface area (Å²) in [6, 6.07) is 18.7. The molecule has 0 N–H and O–H groups in total. The molecule has 0 saturated heterocycles. The Morgan fingerprint density at radius 3 is 2.39 bits per heavy atom. The molecule has 4 rings (SSSR count). The lowest BCUT2D eigenvalue weighted by Crippen LogP contribution is -2.39. The molecule has 0 bridgehead atoms. The fourth-order valence-electron chi connectivity index (χ4n) is 3.98. The smallest absolute Gasteiger partial charge is 0.341 e. The fourth-order valence-corrected chi connectivity index (χ4v) is 5.33. The van der Waals surface area contributed by atoms with Crippen LogP contribution in [0.3, 0.4) is 0 Å². The first-order chi connectivity index (χ1) is 15.1. The molecule has 0 spiro atoms. The zero-order chi connectivity index (χ0) is 21.8. The Hall–Kier alpha value is -2.63. The summed E-state index contributed by atoms with van der Waals surface area (Å²) in [5, 5.41) is 1.24. The molecule has 0 aliphatic heterocycles. The van der Waals surface area contributed by atoms with Crippen molar-refractivity contribution in [3.05, 3.63) is 76.8 Å². The number of hydrogen-bond acceptors (Lipinski definition) is 4. The van der Waals surface area contributed by atoms with Gasteiger partial charge in [-0.1, -0.05) is 54.8 Å². The number of halogens is 1. The van der Waals surface area contributed by atoms with Crippen LogP contribution in [-0.4, -0.2) is 24.5 Å². The van der Waals surface area contributed by atoms with Gasteiger partial charge in [0.2, 0.25) is 0 Å². The Balaban J connectivity index is 1.82. The topological polar surface area (TPSA) is 46.6 Å². The number of thiophene rings is 1. The van der Waals surface area contributed by atoms with Crippen LogP contribution in [0.25, 0.3) is 10.4 Å². The van der Waals surface area contributed by atoms with Gasteiger partial charge in [-0.25, -0.2) is 4.79 Å². The molecule has 1 aliphatic carbocycles. The minimum Gasteiger partial charge on any atom is -0.462 e. The molecular formula is C25H24ClNO3S. The SMILES string of the molecule is CCOC(=O)c1cc(-c2ccccc2)sc1N(C(=O)c1ccc(Cl)cc1)C1CCCC1. The largest absolute Gasteiger partial charge is 0.462 e. The fraction of sp³-hybridized carbons (Fsp3) is 0.280. The zero-order valence-corrected chi connectivity index (χ0v) is 18.9. The van der Waals surface area contributed by atoms with E-state index in [1.54, 1.807) is 31.2 Å². The number of carbonyl (C=O) groups is 2. The van der Waals surface area contributed by atoms with Gasteiger partial charge in [-0.2, -0.15) is 0 Å². The molecule has 2 aromatic carbocycles. The molecule has 1 aliphatic rings. The van der Waals surface area contributed by atoms with Crippen molar-refractivity contribution in [3.63, 3.8) is 0 Å². The average molecular weight is 454 g/mol. The highest BCUT2D eigenvalue weighted by atomic mass is 35.5. The Kier molecular flexibility index (Phi) is 6.73. The van der Waals surface area contributed by atoms with E-state index in [-0.39, 0.29) is 18.6 Å². The number of esters is 1. The molecule has 31 heavy (non-hydrogen) atoms. The van der Waals surface area contributed by atoms with E-state index in [1.807, 2.05) is 41.3 Å². The second-order valence-corrected chi connectivity index (χ2v) is 9.00. The molecule has 1 amide bonds. The van der Waals surface area contributed by atoms with E-state index in [2.05, 4.69) is 0 Å². The maximum atomic E-state index is 13.7. The predicted molar refractivity (Wildman–Crippen MR) is 126 cm³/mol. The van der Waals surface area contributed by atoms with Crippen molar-refractivity contribution in [1.29, 1.82) is 0 Å². The molecule has 1 fully saturated rings. The normalized spacial score (nSPS) is 13.9. The summed E-state index contributed by atoms with van der Waals surface area (Å²) in [5.41, 5.74) is 2.01. The number of benzene rings is 2. The molecule has 160 valence electrons. The van der Waals surface area contributed by atoms with E-state index in [9.17, 15) is 9.59 Å². The highest BCUT2D eigenvalue weighted by molar-refractivity contribution is 7.20. The highest BCUT2D eigenvalue weighted by Gasteiger charge is 2.33. The first kappa shape index (κ1) is 21.6. The van der Waals surface area contributed by atoms with E-state index in [4.69, 9.17) is 16.3 Å². The molecule has 0 unspecified atom stereocenters. The number of anilines is 1. The summed E-state index contributed by atoms with van der Waals surface area (Å²) in [5.74, 6) is -0.515. The van der Waals surface area contributed by atoms with Crippen LogP contribution in [0, 0.1) is 0 Å². The van der Waals surface area contributed by atoms with Crippen molar-refractivity contribution in [2.45, 2.75) is 38.6 Å². The molecule has 0 radical (unpaired) electrons. The summed E-state index contributed by atoms with van der Waals surface area (Å²) in [4.78, 5) is 29.3. The van der Waals surface area contributed by atoms with E-state index in [0.717, 1.165) is 36.1 Å². The summed E-state index contributed by atoms with van der Waals surface area (Å²) < 4.78 is 5.34. The minimum atomic E-state index is -0.400. The number of carbonyl (C=O) groups excluding carboxylic acids is 2. The van der Waals surface area contributed by atoms with Crippen molar-refractivity contribution >= 4 is 39.8 Å². The van der Waals surface area contributed by atoms with Crippen LogP contribution in [0.5, 0.6) is 0 Å². The lowest BCUT2D eigenvalue weighted by atomic mass is 10.1.